The number of quaternary nitrogens is 1. The first kappa shape index (κ1) is 6.55. The molecule has 52 valence electrons. The van der Waals surface area contributed by atoms with E-state index < -0.39 is 5.97 Å². The zero-order chi connectivity index (χ0) is 6.69. The molecule has 1 rings (SSSR count). The van der Waals surface area contributed by atoms with Gasteiger partial charge >= 0.3 is 5.97 Å². The topological polar surface area (TPSA) is 53.9 Å². The predicted octanol–water partition coefficient (Wildman–Crippen LogP) is -0.956. The summed E-state index contributed by atoms with van der Waals surface area (Å²) >= 11 is 0. The van der Waals surface area contributed by atoms with Crippen molar-refractivity contribution in [2.75, 3.05) is 13.1 Å². The van der Waals surface area contributed by atoms with Crippen molar-refractivity contribution in [2.24, 2.45) is 5.92 Å². The van der Waals surface area contributed by atoms with Crippen LogP contribution in [-0.2, 0) is 4.79 Å². The lowest BCUT2D eigenvalue weighted by Gasteiger charge is -2.21. The Morgan fingerprint density at radius 3 is 2.67 bits per heavy atom. The number of carboxylic acids is 1. The first-order valence-electron chi connectivity index (χ1n) is 3.32. The van der Waals surface area contributed by atoms with Crippen LogP contribution >= 0.6 is 0 Å². The van der Waals surface area contributed by atoms with Gasteiger partial charge in [0.25, 0.3) is 0 Å². The SMILES string of the molecule is O=C(O)CCC1C[NH2+]C1. The van der Waals surface area contributed by atoms with Gasteiger partial charge in [0.1, 0.15) is 0 Å². The van der Waals surface area contributed by atoms with Crippen LogP contribution in [0.15, 0.2) is 0 Å². The van der Waals surface area contributed by atoms with Crippen molar-refractivity contribution >= 4 is 5.97 Å². The van der Waals surface area contributed by atoms with Crippen molar-refractivity contribution in [1.82, 2.24) is 0 Å². The number of aliphatic carboxylic acids is 1. The standard InChI is InChI=1S/C6H11NO2/c8-6(9)2-1-5-3-7-4-5/h5,7H,1-4H2,(H,8,9)/p+1. The third-order valence-corrected chi connectivity index (χ3v) is 1.77. The second-order valence-electron chi connectivity index (χ2n) is 2.56. The molecule has 0 bridgehead atoms. The summed E-state index contributed by atoms with van der Waals surface area (Å²) in [5.41, 5.74) is 0. The van der Waals surface area contributed by atoms with Crippen LogP contribution in [-0.4, -0.2) is 24.2 Å². The monoisotopic (exact) mass is 130 g/mol. The molecule has 0 aliphatic carbocycles. The quantitative estimate of drug-likeness (QED) is 0.517. The Hall–Kier alpha value is -0.570. The number of hydrogen-bond donors (Lipinski definition) is 2. The summed E-state index contributed by atoms with van der Waals surface area (Å²) in [6.07, 6.45) is 1.21. The summed E-state index contributed by atoms with van der Waals surface area (Å²) in [6, 6.07) is 0. The molecule has 1 heterocycles. The Kier molecular flexibility index (Phi) is 2.05. The van der Waals surface area contributed by atoms with Gasteiger partial charge in [-0.3, -0.25) is 4.79 Å². The molecule has 1 fully saturated rings. The lowest BCUT2D eigenvalue weighted by atomic mass is 9.98. The van der Waals surface area contributed by atoms with Crippen molar-refractivity contribution in [2.45, 2.75) is 12.8 Å². The second-order valence-corrected chi connectivity index (χ2v) is 2.56. The average Bonchev–Trinajstić information content (AvgIpc) is 1.60. The zero-order valence-electron chi connectivity index (χ0n) is 5.34. The smallest absolute Gasteiger partial charge is 0.303 e. The molecule has 1 saturated heterocycles. The van der Waals surface area contributed by atoms with Crippen molar-refractivity contribution in [3.63, 3.8) is 0 Å². The van der Waals surface area contributed by atoms with Gasteiger partial charge < -0.3 is 10.4 Å². The minimum atomic E-state index is -0.665. The van der Waals surface area contributed by atoms with E-state index in [4.69, 9.17) is 5.11 Å². The zero-order valence-corrected chi connectivity index (χ0v) is 5.34. The Bertz CT molecular complexity index is 110. The average molecular weight is 130 g/mol. The van der Waals surface area contributed by atoms with E-state index in [9.17, 15) is 4.79 Å². The van der Waals surface area contributed by atoms with Crippen LogP contribution in [0.2, 0.25) is 0 Å². The van der Waals surface area contributed by atoms with Crippen molar-refractivity contribution in [3.8, 4) is 0 Å². The van der Waals surface area contributed by atoms with Gasteiger partial charge in [0.15, 0.2) is 0 Å². The molecule has 0 aromatic heterocycles. The van der Waals surface area contributed by atoms with Crippen LogP contribution in [0.1, 0.15) is 12.8 Å². The molecule has 0 aromatic carbocycles. The Morgan fingerprint density at radius 2 is 2.33 bits per heavy atom. The maximum atomic E-state index is 10.0. The maximum Gasteiger partial charge on any atom is 0.303 e. The summed E-state index contributed by atoms with van der Waals surface area (Å²) in [4.78, 5) is 10.0. The van der Waals surface area contributed by atoms with Gasteiger partial charge in [-0.2, -0.15) is 0 Å². The first-order valence-corrected chi connectivity index (χ1v) is 3.32. The fraction of sp³-hybridized carbons (Fsp3) is 0.833. The largest absolute Gasteiger partial charge is 0.481 e. The molecule has 1 aliphatic heterocycles. The van der Waals surface area contributed by atoms with Gasteiger partial charge in [-0.05, 0) is 6.42 Å². The molecule has 3 heteroatoms. The van der Waals surface area contributed by atoms with Crippen LogP contribution in [0.5, 0.6) is 0 Å². The van der Waals surface area contributed by atoms with Crippen LogP contribution in [0.3, 0.4) is 0 Å². The molecule has 0 aromatic rings. The van der Waals surface area contributed by atoms with E-state index >= 15 is 0 Å². The molecule has 0 spiro atoms. The summed E-state index contributed by atoms with van der Waals surface area (Å²) in [5.74, 6) is 0.0167. The van der Waals surface area contributed by atoms with Crippen LogP contribution in [0, 0.1) is 5.92 Å². The van der Waals surface area contributed by atoms with Crippen molar-refractivity contribution in [3.05, 3.63) is 0 Å². The predicted molar refractivity (Wildman–Crippen MR) is 32.0 cm³/mol. The Balaban J connectivity index is 1.97. The van der Waals surface area contributed by atoms with Crippen LogP contribution in [0.25, 0.3) is 0 Å². The molecule has 9 heavy (non-hydrogen) atoms. The van der Waals surface area contributed by atoms with Gasteiger partial charge in [-0.25, -0.2) is 0 Å². The molecular formula is C6H12NO2+. The highest BCUT2D eigenvalue weighted by molar-refractivity contribution is 5.66. The van der Waals surface area contributed by atoms with Gasteiger partial charge in [-0.1, -0.05) is 0 Å². The number of nitrogens with two attached hydrogens (primary N) is 1. The number of hydrogen-bond acceptors (Lipinski definition) is 1. The molecule has 3 nitrogen and oxygen atoms in total. The van der Waals surface area contributed by atoms with E-state index in [0.29, 0.717) is 12.3 Å². The van der Waals surface area contributed by atoms with Crippen molar-refractivity contribution < 1.29 is 15.2 Å². The number of carboxylic acid groups (broad SMARTS) is 1. The lowest BCUT2D eigenvalue weighted by Crippen LogP contribution is -2.96. The molecular weight excluding hydrogens is 118 g/mol. The van der Waals surface area contributed by atoms with E-state index in [1.54, 1.807) is 0 Å². The van der Waals surface area contributed by atoms with E-state index in [1.807, 2.05) is 0 Å². The fourth-order valence-corrected chi connectivity index (χ4v) is 0.966. The maximum absolute atomic E-state index is 10.0. The number of rotatable bonds is 3. The highest BCUT2D eigenvalue weighted by atomic mass is 16.4. The van der Waals surface area contributed by atoms with E-state index in [0.717, 1.165) is 19.5 Å². The summed E-state index contributed by atoms with van der Waals surface area (Å²) < 4.78 is 0. The molecule has 0 radical (unpaired) electrons. The molecule has 1 aliphatic rings. The highest BCUT2D eigenvalue weighted by Gasteiger charge is 2.21. The van der Waals surface area contributed by atoms with Gasteiger partial charge in [0.05, 0.1) is 19.0 Å². The number of carbonyl (C=O) groups is 1. The molecule has 3 N–H and O–H groups in total. The highest BCUT2D eigenvalue weighted by Crippen LogP contribution is 2.04. The second kappa shape index (κ2) is 2.82. The lowest BCUT2D eigenvalue weighted by molar-refractivity contribution is -0.723. The van der Waals surface area contributed by atoms with E-state index in [1.165, 1.54) is 0 Å². The molecule has 0 amide bonds. The Labute approximate surface area is 54.1 Å². The molecule has 0 saturated carbocycles. The van der Waals surface area contributed by atoms with Gasteiger partial charge in [-0.15, -0.1) is 0 Å². The summed E-state index contributed by atoms with van der Waals surface area (Å²) in [6.45, 7) is 2.26. The van der Waals surface area contributed by atoms with Crippen molar-refractivity contribution in [1.29, 1.82) is 0 Å². The first-order chi connectivity index (χ1) is 4.29. The van der Waals surface area contributed by atoms with Crippen LogP contribution < -0.4 is 5.32 Å². The van der Waals surface area contributed by atoms with Crippen LogP contribution in [0.4, 0.5) is 0 Å². The normalized spacial score (nSPS) is 19.1. The fourth-order valence-electron chi connectivity index (χ4n) is 0.966. The van der Waals surface area contributed by atoms with E-state index in [-0.39, 0.29) is 0 Å². The summed E-state index contributed by atoms with van der Waals surface area (Å²) in [5, 5.41) is 10.5. The summed E-state index contributed by atoms with van der Waals surface area (Å²) in [7, 11) is 0. The van der Waals surface area contributed by atoms with Gasteiger partial charge in [0.2, 0.25) is 0 Å². The van der Waals surface area contributed by atoms with Gasteiger partial charge in [0, 0.05) is 6.42 Å². The molecule has 0 unspecified atom stereocenters. The van der Waals surface area contributed by atoms with E-state index in [2.05, 4.69) is 5.32 Å². The minimum absolute atomic E-state index is 0.346. The Morgan fingerprint density at radius 1 is 1.67 bits per heavy atom. The minimum Gasteiger partial charge on any atom is -0.481 e. The molecule has 0 atom stereocenters. The third-order valence-electron chi connectivity index (χ3n) is 1.77. The third kappa shape index (κ3) is 2.01.